The number of hydrogen-bond acceptors (Lipinski definition) is 7. The Bertz CT molecular complexity index is 1880. The maximum Gasteiger partial charge on any atom is 0.313 e. The van der Waals surface area contributed by atoms with Gasteiger partial charge in [-0.2, -0.15) is 0 Å². The molecule has 2 bridgehead atoms. The van der Waals surface area contributed by atoms with Gasteiger partial charge in [-0.15, -0.1) is 13.2 Å². The summed E-state index contributed by atoms with van der Waals surface area (Å²) in [6, 6.07) is 22.8. The highest BCUT2D eigenvalue weighted by Crippen LogP contribution is 2.61. The van der Waals surface area contributed by atoms with Crippen LogP contribution in [0.5, 0.6) is 0 Å². The van der Waals surface area contributed by atoms with Crippen LogP contribution in [0.4, 0.5) is 5.69 Å². The van der Waals surface area contributed by atoms with Crippen molar-refractivity contribution >= 4 is 56.9 Å². The molecule has 9 atom stereocenters. The largest absolute Gasteiger partial charge is 0.455 e. The van der Waals surface area contributed by atoms with Crippen molar-refractivity contribution in [3.05, 3.63) is 126 Å². The molecule has 1 unspecified atom stereocenters. The number of aliphatic hydroxyl groups excluding tert-OH is 1. The quantitative estimate of drug-likeness (QED) is 0.102. The average Bonchev–Trinajstić information content (AvgIpc) is 3.80. The van der Waals surface area contributed by atoms with Crippen LogP contribution in [-0.4, -0.2) is 93.5 Å². The highest BCUT2D eigenvalue weighted by Gasteiger charge is 2.77. The van der Waals surface area contributed by atoms with E-state index in [1.165, 1.54) is 9.80 Å². The van der Waals surface area contributed by atoms with Crippen molar-refractivity contribution in [2.75, 3.05) is 25.1 Å². The maximum absolute atomic E-state index is 15.1. The number of esters is 1. The molecule has 3 amide bonds. The number of ether oxygens (including phenoxy) is 2. The molecule has 10 nitrogen and oxygen atoms in total. The Morgan fingerprint density at radius 1 is 1.05 bits per heavy atom. The standard InChI is InChI=1S/C43H47BrClN3O7/c1-5-7-18-34(50)46(4)27(3)37(29-16-12-9-13-17-29)54-42(53)35-36-40(51)48(32(26-49)24-28-14-10-8-11-15-28)39(43(36)25-33(44)38(35)55-43)41(52)47(23-6-2)31-21-19-30(45)20-22-31/h5-6,8-17,19-22,27,32-33,35-39,49H,1-2,7,18,23-26H2,3-4H3/t27-,32-,33?,35+,36-,37+,38+,39+,43-/m1/s1. The lowest BCUT2D eigenvalue weighted by Crippen LogP contribution is -2.59. The molecule has 0 radical (unpaired) electrons. The molecule has 3 aliphatic rings. The minimum atomic E-state index is -1.43. The van der Waals surface area contributed by atoms with Crippen molar-refractivity contribution < 1.29 is 33.8 Å². The Balaban J connectivity index is 1.41. The van der Waals surface area contributed by atoms with E-state index in [0.29, 0.717) is 22.7 Å². The smallest absolute Gasteiger partial charge is 0.313 e. The number of allylic oxidation sites excluding steroid dienone is 1. The van der Waals surface area contributed by atoms with Crippen LogP contribution in [0.15, 0.2) is 110 Å². The zero-order valence-corrected chi connectivity index (χ0v) is 33.3. The highest BCUT2D eigenvalue weighted by molar-refractivity contribution is 9.09. The van der Waals surface area contributed by atoms with Gasteiger partial charge in [-0.3, -0.25) is 19.2 Å². The van der Waals surface area contributed by atoms with Crippen LogP contribution < -0.4 is 4.90 Å². The number of carbonyl (C=O) groups is 4. The van der Waals surface area contributed by atoms with Crippen LogP contribution in [0.2, 0.25) is 5.02 Å². The molecule has 0 aliphatic carbocycles. The maximum atomic E-state index is 15.1. The number of nitrogens with zero attached hydrogens (tertiary/aromatic N) is 3. The van der Waals surface area contributed by atoms with Crippen LogP contribution in [0.1, 0.15) is 43.4 Å². The van der Waals surface area contributed by atoms with E-state index in [4.69, 9.17) is 21.1 Å². The number of likely N-dealkylation sites (tertiary alicyclic amines) is 1. The van der Waals surface area contributed by atoms with Gasteiger partial charge in [0, 0.05) is 35.6 Å². The number of likely N-dealkylation sites (N-methyl/N-ethyl adjacent to an activating group) is 1. The van der Waals surface area contributed by atoms with Crippen molar-refractivity contribution in [3.63, 3.8) is 0 Å². The summed E-state index contributed by atoms with van der Waals surface area (Å²) in [6.45, 7) is 9.11. The number of fused-ring (bicyclic) bond motifs is 1. The minimum absolute atomic E-state index is 0.116. The first-order chi connectivity index (χ1) is 26.5. The SMILES string of the molecule is C=CCCC(=O)N(C)[C@H](C)[C@H](OC(=O)[C@@H]1[C@H]2O[C@@]3(CC2Br)[C@H](C(=O)N(CC=C)c2ccc(Cl)cc2)N([C@@H](CO)Cc2ccccc2)C(=O)[C@@H]13)c1ccccc1. The normalized spacial score (nSPS) is 25.4. The summed E-state index contributed by atoms with van der Waals surface area (Å²) in [7, 11) is 1.68. The molecule has 0 aromatic heterocycles. The lowest BCUT2D eigenvalue weighted by Gasteiger charge is -2.39. The van der Waals surface area contributed by atoms with E-state index >= 15 is 9.59 Å². The number of alkyl halides is 1. The fourth-order valence-corrected chi connectivity index (χ4v) is 9.56. The van der Waals surface area contributed by atoms with Gasteiger partial charge >= 0.3 is 5.97 Å². The van der Waals surface area contributed by atoms with Crippen molar-refractivity contribution in [2.24, 2.45) is 11.8 Å². The lowest BCUT2D eigenvalue weighted by molar-refractivity contribution is -0.165. The van der Waals surface area contributed by atoms with E-state index in [2.05, 4.69) is 29.1 Å². The number of aliphatic hydroxyl groups is 1. The van der Waals surface area contributed by atoms with Gasteiger partial charge in [0.05, 0.1) is 36.6 Å². The van der Waals surface area contributed by atoms with E-state index in [1.807, 2.05) is 67.6 Å². The molecule has 0 saturated carbocycles. The molecular weight excluding hydrogens is 786 g/mol. The van der Waals surface area contributed by atoms with Gasteiger partial charge in [0.25, 0.3) is 5.91 Å². The topological polar surface area (TPSA) is 117 Å². The Morgan fingerprint density at radius 2 is 1.71 bits per heavy atom. The Morgan fingerprint density at radius 3 is 2.33 bits per heavy atom. The Labute approximate surface area is 335 Å². The monoisotopic (exact) mass is 831 g/mol. The minimum Gasteiger partial charge on any atom is -0.455 e. The lowest BCUT2D eigenvalue weighted by atomic mass is 9.70. The van der Waals surface area contributed by atoms with Crippen molar-refractivity contribution in [1.29, 1.82) is 0 Å². The summed E-state index contributed by atoms with van der Waals surface area (Å²) in [5, 5.41) is 11.4. The van der Waals surface area contributed by atoms with Crippen LogP contribution in [0, 0.1) is 11.8 Å². The molecule has 1 N–H and O–H groups in total. The first kappa shape index (κ1) is 40.4. The summed E-state index contributed by atoms with van der Waals surface area (Å²) in [5.41, 5.74) is 0.648. The third-order valence-electron chi connectivity index (χ3n) is 11.2. The molecule has 3 aromatic carbocycles. The predicted molar refractivity (Wildman–Crippen MR) is 215 cm³/mol. The number of carbonyl (C=O) groups excluding carboxylic acids is 4. The summed E-state index contributed by atoms with van der Waals surface area (Å²) >= 11 is 9.97. The van der Waals surface area contributed by atoms with Gasteiger partial charge < -0.3 is 29.3 Å². The number of benzene rings is 3. The zero-order valence-electron chi connectivity index (χ0n) is 31.0. The van der Waals surface area contributed by atoms with Gasteiger partial charge in [0.2, 0.25) is 11.8 Å². The van der Waals surface area contributed by atoms with E-state index in [-0.39, 0.29) is 31.7 Å². The second-order valence-electron chi connectivity index (χ2n) is 14.5. The molecule has 3 fully saturated rings. The molecule has 6 rings (SSSR count). The van der Waals surface area contributed by atoms with Gasteiger partial charge in [0.1, 0.15) is 17.7 Å². The molecule has 290 valence electrons. The van der Waals surface area contributed by atoms with E-state index in [9.17, 15) is 14.7 Å². The molecule has 3 aliphatic heterocycles. The fourth-order valence-electron chi connectivity index (χ4n) is 8.49. The summed E-state index contributed by atoms with van der Waals surface area (Å²) in [4.78, 5) is 62.3. The molecule has 55 heavy (non-hydrogen) atoms. The van der Waals surface area contributed by atoms with Gasteiger partial charge in [-0.1, -0.05) is 100 Å². The number of amides is 3. The fraction of sp³-hybridized carbons (Fsp3) is 0.395. The predicted octanol–water partition coefficient (Wildman–Crippen LogP) is 6.31. The third kappa shape index (κ3) is 7.77. The van der Waals surface area contributed by atoms with Gasteiger partial charge in [-0.05, 0) is 61.6 Å². The second kappa shape index (κ2) is 17.2. The highest BCUT2D eigenvalue weighted by atomic mass is 79.9. The second-order valence-corrected chi connectivity index (χ2v) is 16.1. The number of rotatable bonds is 16. The third-order valence-corrected chi connectivity index (χ3v) is 12.3. The van der Waals surface area contributed by atoms with Crippen molar-refractivity contribution in [1.82, 2.24) is 9.80 Å². The van der Waals surface area contributed by atoms with Gasteiger partial charge in [0.15, 0.2) is 0 Å². The first-order valence-corrected chi connectivity index (χ1v) is 19.8. The summed E-state index contributed by atoms with van der Waals surface area (Å²) in [5.74, 6) is -3.88. The van der Waals surface area contributed by atoms with Crippen molar-refractivity contribution in [2.45, 2.75) is 73.4 Å². The first-order valence-electron chi connectivity index (χ1n) is 18.6. The number of hydrogen-bond donors (Lipinski definition) is 1. The molecular formula is C43H47BrClN3O7. The molecule has 12 heteroatoms. The summed E-state index contributed by atoms with van der Waals surface area (Å²) < 4.78 is 13.2. The van der Waals surface area contributed by atoms with Crippen molar-refractivity contribution in [3.8, 4) is 0 Å². The van der Waals surface area contributed by atoms with Crippen LogP contribution in [0.3, 0.4) is 0 Å². The van der Waals surface area contributed by atoms with Gasteiger partial charge in [-0.25, -0.2) is 0 Å². The average molecular weight is 833 g/mol. The van der Waals surface area contributed by atoms with E-state index in [0.717, 1.165) is 5.56 Å². The number of halogens is 2. The van der Waals surface area contributed by atoms with E-state index in [1.54, 1.807) is 48.4 Å². The van der Waals surface area contributed by atoms with Crippen LogP contribution in [0.25, 0.3) is 0 Å². The molecule has 1 spiro atoms. The molecule has 3 aromatic rings. The zero-order chi connectivity index (χ0) is 39.4. The number of anilines is 1. The molecule has 3 heterocycles. The molecule has 3 saturated heterocycles. The Kier molecular flexibility index (Phi) is 12.7. The Hall–Kier alpha value is -4.29. The van der Waals surface area contributed by atoms with Crippen LogP contribution in [-0.2, 0) is 35.1 Å². The summed E-state index contributed by atoms with van der Waals surface area (Å²) in [6.07, 6.45) is 2.88. The van der Waals surface area contributed by atoms with Crippen LogP contribution >= 0.6 is 27.5 Å². The van der Waals surface area contributed by atoms with E-state index < -0.39 is 77.0 Å².